The van der Waals surface area contributed by atoms with Crippen molar-refractivity contribution in [3.05, 3.63) is 70.7 Å². The van der Waals surface area contributed by atoms with Gasteiger partial charge >= 0.3 is 5.97 Å². The zero-order chi connectivity index (χ0) is 22.4. The van der Waals surface area contributed by atoms with Crippen LogP contribution in [-0.2, 0) is 16.1 Å². The third-order valence-electron chi connectivity index (χ3n) is 4.13. The summed E-state index contributed by atoms with van der Waals surface area (Å²) in [5, 5.41) is 12.7. The van der Waals surface area contributed by atoms with E-state index in [0.29, 0.717) is 38.8 Å². The smallest absolute Gasteiger partial charge is 0.337 e. The molecule has 0 unspecified atom stereocenters. The van der Waals surface area contributed by atoms with Crippen molar-refractivity contribution in [2.24, 2.45) is 0 Å². The zero-order valence-electron chi connectivity index (χ0n) is 16.5. The number of hydrogen-bond acceptors (Lipinski definition) is 6. The van der Waals surface area contributed by atoms with Crippen molar-refractivity contribution in [2.45, 2.75) is 11.7 Å². The van der Waals surface area contributed by atoms with E-state index in [4.69, 9.17) is 23.2 Å². The van der Waals surface area contributed by atoms with Gasteiger partial charge in [0.15, 0.2) is 11.0 Å². The number of rotatable bonds is 8. The number of benzene rings is 2. The van der Waals surface area contributed by atoms with Gasteiger partial charge in [0.25, 0.3) is 0 Å². The highest BCUT2D eigenvalue weighted by atomic mass is 35.5. The number of nitrogens with zero attached hydrogens (tertiary/aromatic N) is 3. The second kappa shape index (κ2) is 10.5. The summed E-state index contributed by atoms with van der Waals surface area (Å²) in [6.45, 7) is 4.23. The number of carbonyl (C=O) groups excluding carboxylic acids is 2. The predicted molar refractivity (Wildman–Crippen MR) is 123 cm³/mol. The first-order valence-corrected chi connectivity index (χ1v) is 10.8. The van der Waals surface area contributed by atoms with Crippen molar-refractivity contribution in [3.8, 4) is 11.4 Å². The SMILES string of the molecule is C=CCn1c(SCC(=O)Nc2ccc(C(=O)OC)cc2)nnc1-c1ccc(Cl)c(Cl)c1. The van der Waals surface area contributed by atoms with Crippen molar-refractivity contribution in [3.63, 3.8) is 0 Å². The lowest BCUT2D eigenvalue weighted by atomic mass is 10.2. The number of methoxy groups -OCH3 is 1. The lowest BCUT2D eigenvalue weighted by Gasteiger charge is -2.09. The Balaban J connectivity index is 1.69. The van der Waals surface area contributed by atoms with Crippen LogP contribution in [0, 0.1) is 0 Å². The van der Waals surface area contributed by atoms with Crippen molar-refractivity contribution >= 4 is 52.5 Å². The van der Waals surface area contributed by atoms with Crippen LogP contribution in [0.25, 0.3) is 11.4 Å². The van der Waals surface area contributed by atoms with Gasteiger partial charge in [-0.3, -0.25) is 9.36 Å². The number of ether oxygens (including phenoxy) is 1. The van der Waals surface area contributed by atoms with E-state index >= 15 is 0 Å². The molecule has 0 aliphatic carbocycles. The molecule has 3 aromatic rings. The van der Waals surface area contributed by atoms with Gasteiger partial charge in [-0.1, -0.05) is 41.0 Å². The quantitative estimate of drug-likeness (QED) is 0.281. The summed E-state index contributed by atoms with van der Waals surface area (Å²) < 4.78 is 6.50. The van der Waals surface area contributed by atoms with Crippen molar-refractivity contribution in [1.29, 1.82) is 0 Å². The van der Waals surface area contributed by atoms with Crippen LogP contribution in [0.5, 0.6) is 0 Å². The Bertz CT molecular complexity index is 1120. The average Bonchev–Trinajstić information content (AvgIpc) is 3.17. The van der Waals surface area contributed by atoms with Gasteiger partial charge in [-0.25, -0.2) is 4.79 Å². The highest BCUT2D eigenvalue weighted by Crippen LogP contribution is 2.29. The molecular formula is C21H18Cl2N4O3S. The molecule has 0 radical (unpaired) electrons. The van der Waals surface area contributed by atoms with Crippen molar-refractivity contribution in [2.75, 3.05) is 18.2 Å². The number of thioether (sulfide) groups is 1. The third kappa shape index (κ3) is 5.66. The van der Waals surface area contributed by atoms with Gasteiger partial charge in [-0.2, -0.15) is 0 Å². The van der Waals surface area contributed by atoms with Crippen molar-refractivity contribution < 1.29 is 14.3 Å². The fourth-order valence-electron chi connectivity index (χ4n) is 2.67. The minimum Gasteiger partial charge on any atom is -0.465 e. The number of carbonyl (C=O) groups is 2. The lowest BCUT2D eigenvalue weighted by Crippen LogP contribution is -2.15. The van der Waals surface area contributed by atoms with Gasteiger partial charge in [0.05, 0.1) is 28.5 Å². The fraction of sp³-hybridized carbons (Fsp3) is 0.143. The summed E-state index contributed by atoms with van der Waals surface area (Å²) in [6, 6.07) is 11.6. The van der Waals surface area contributed by atoms with E-state index in [1.165, 1.54) is 18.9 Å². The summed E-state index contributed by atoms with van der Waals surface area (Å²) in [5.74, 6) is 0.0580. The topological polar surface area (TPSA) is 86.1 Å². The van der Waals surface area contributed by atoms with Gasteiger partial charge in [0.1, 0.15) is 0 Å². The number of nitrogens with one attached hydrogen (secondary N) is 1. The molecule has 1 heterocycles. The normalized spacial score (nSPS) is 10.5. The van der Waals surface area contributed by atoms with Gasteiger partial charge < -0.3 is 10.1 Å². The van der Waals surface area contributed by atoms with E-state index < -0.39 is 5.97 Å². The molecule has 1 amide bonds. The maximum absolute atomic E-state index is 12.4. The first kappa shape index (κ1) is 22.9. The summed E-state index contributed by atoms with van der Waals surface area (Å²) >= 11 is 13.4. The Morgan fingerprint density at radius 1 is 1.16 bits per heavy atom. The number of anilines is 1. The molecule has 1 N–H and O–H groups in total. The molecule has 1 aromatic heterocycles. The molecule has 0 aliphatic heterocycles. The number of esters is 1. The monoisotopic (exact) mass is 476 g/mol. The molecule has 0 saturated carbocycles. The minimum atomic E-state index is -0.437. The van der Waals surface area contributed by atoms with Crippen LogP contribution in [-0.4, -0.2) is 39.5 Å². The lowest BCUT2D eigenvalue weighted by molar-refractivity contribution is -0.113. The zero-order valence-corrected chi connectivity index (χ0v) is 18.8. The summed E-state index contributed by atoms with van der Waals surface area (Å²) in [5.41, 5.74) is 1.73. The molecule has 2 aromatic carbocycles. The Morgan fingerprint density at radius 3 is 2.55 bits per heavy atom. The highest BCUT2D eigenvalue weighted by molar-refractivity contribution is 7.99. The minimum absolute atomic E-state index is 0.120. The first-order chi connectivity index (χ1) is 14.9. The Morgan fingerprint density at radius 2 is 1.90 bits per heavy atom. The Hall–Kier alpha value is -2.81. The molecule has 0 aliphatic rings. The molecule has 3 rings (SSSR count). The molecule has 0 bridgehead atoms. The largest absolute Gasteiger partial charge is 0.465 e. The number of aromatic nitrogens is 3. The third-order valence-corrected chi connectivity index (χ3v) is 5.83. The second-order valence-corrected chi connectivity index (χ2v) is 8.00. The number of amides is 1. The van der Waals surface area contributed by atoms with Crippen LogP contribution in [0.3, 0.4) is 0 Å². The molecule has 0 spiro atoms. The van der Waals surface area contributed by atoms with Crippen LogP contribution < -0.4 is 5.32 Å². The van der Waals surface area contributed by atoms with E-state index in [1.54, 1.807) is 48.5 Å². The number of allylic oxidation sites excluding steroid dienone is 1. The van der Waals surface area contributed by atoms with Gasteiger partial charge in [-0.15, -0.1) is 16.8 Å². The molecule has 31 heavy (non-hydrogen) atoms. The second-order valence-electron chi connectivity index (χ2n) is 6.24. The summed E-state index contributed by atoms with van der Waals surface area (Å²) in [4.78, 5) is 23.8. The average molecular weight is 477 g/mol. The van der Waals surface area contributed by atoms with Crippen LogP contribution in [0.4, 0.5) is 5.69 Å². The molecule has 160 valence electrons. The van der Waals surface area contributed by atoms with E-state index in [0.717, 1.165) is 5.56 Å². The number of hydrogen-bond donors (Lipinski definition) is 1. The highest BCUT2D eigenvalue weighted by Gasteiger charge is 2.16. The molecule has 0 atom stereocenters. The predicted octanol–water partition coefficient (Wildman–Crippen LogP) is 4.96. The first-order valence-electron chi connectivity index (χ1n) is 9.03. The van der Waals surface area contributed by atoms with E-state index in [2.05, 4.69) is 26.8 Å². The summed E-state index contributed by atoms with van der Waals surface area (Å²) in [7, 11) is 1.31. The van der Waals surface area contributed by atoms with Gasteiger partial charge in [-0.05, 0) is 42.5 Å². The van der Waals surface area contributed by atoms with E-state index in [9.17, 15) is 9.59 Å². The summed E-state index contributed by atoms with van der Waals surface area (Å²) in [6.07, 6.45) is 1.72. The molecule has 7 nitrogen and oxygen atoms in total. The van der Waals surface area contributed by atoms with Gasteiger partial charge in [0.2, 0.25) is 5.91 Å². The molecule has 10 heteroatoms. The van der Waals surface area contributed by atoms with Crippen LogP contribution in [0.15, 0.2) is 60.3 Å². The Labute approximate surface area is 193 Å². The maximum Gasteiger partial charge on any atom is 0.337 e. The number of halogens is 2. The van der Waals surface area contributed by atoms with E-state index in [-0.39, 0.29) is 11.7 Å². The Kier molecular flexibility index (Phi) is 7.73. The van der Waals surface area contributed by atoms with Gasteiger partial charge in [0, 0.05) is 17.8 Å². The van der Waals surface area contributed by atoms with Crippen LogP contribution in [0.2, 0.25) is 10.0 Å². The fourth-order valence-corrected chi connectivity index (χ4v) is 3.72. The maximum atomic E-state index is 12.4. The van der Waals surface area contributed by atoms with Crippen molar-refractivity contribution in [1.82, 2.24) is 14.8 Å². The van der Waals surface area contributed by atoms with E-state index in [1.807, 2.05) is 4.57 Å². The molecular weight excluding hydrogens is 459 g/mol. The van der Waals surface area contributed by atoms with Crippen LogP contribution in [0.1, 0.15) is 10.4 Å². The standard InChI is InChI=1S/C21H18Cl2N4O3S/c1-3-10-27-19(14-6-9-16(22)17(23)11-14)25-26-21(27)31-12-18(28)24-15-7-4-13(5-8-15)20(29)30-2/h3-9,11H,1,10,12H2,2H3,(H,24,28). The van der Waals surface area contributed by atoms with Crippen LogP contribution >= 0.6 is 35.0 Å². The molecule has 0 fully saturated rings. The molecule has 0 saturated heterocycles.